The summed E-state index contributed by atoms with van der Waals surface area (Å²) < 4.78 is 43.6. The molecule has 0 aromatic heterocycles. The summed E-state index contributed by atoms with van der Waals surface area (Å²) in [4.78, 5) is -0.207. The van der Waals surface area contributed by atoms with Gasteiger partial charge in [-0.25, -0.2) is 12.8 Å². The maximum atomic E-state index is 13.1. The molecule has 0 saturated heterocycles. The molecule has 0 saturated carbocycles. The summed E-state index contributed by atoms with van der Waals surface area (Å²) in [5, 5.41) is 0. The number of sulfone groups is 1. The van der Waals surface area contributed by atoms with Gasteiger partial charge in [0.1, 0.15) is 18.2 Å². The minimum atomic E-state index is -3.69. The maximum Gasteiger partial charge on any atom is 0.183 e. The van der Waals surface area contributed by atoms with Gasteiger partial charge in [-0.05, 0) is 42.5 Å². The fraction of sp³-hybridized carbons (Fsp3) is 0.143. The number of benzene rings is 2. The largest absolute Gasteiger partial charge is 0.493 e. The average Bonchev–Trinajstić information content (AvgIpc) is 2.43. The summed E-state index contributed by atoms with van der Waals surface area (Å²) in [7, 11) is -3.69. The van der Waals surface area contributed by atoms with Crippen LogP contribution in [0.4, 0.5) is 10.1 Å². The molecule has 0 unspecified atom stereocenters. The summed E-state index contributed by atoms with van der Waals surface area (Å²) >= 11 is 3.29. The van der Waals surface area contributed by atoms with Crippen molar-refractivity contribution in [1.82, 2.24) is 0 Å². The molecule has 0 fully saturated rings. The zero-order valence-electron chi connectivity index (χ0n) is 10.9. The van der Waals surface area contributed by atoms with Gasteiger partial charge in [0, 0.05) is 4.47 Å². The van der Waals surface area contributed by atoms with Crippen LogP contribution in [0.3, 0.4) is 0 Å². The highest BCUT2D eigenvalue weighted by atomic mass is 79.9. The fourth-order valence-corrected chi connectivity index (χ4v) is 3.19. The fourth-order valence-electron chi connectivity index (χ4n) is 1.69. The van der Waals surface area contributed by atoms with Gasteiger partial charge in [0.25, 0.3) is 0 Å². The van der Waals surface area contributed by atoms with E-state index in [-0.39, 0.29) is 22.9 Å². The second-order valence-corrected chi connectivity index (χ2v) is 7.30. The molecule has 0 aliphatic heterocycles. The quantitative estimate of drug-likeness (QED) is 0.817. The molecule has 21 heavy (non-hydrogen) atoms. The van der Waals surface area contributed by atoms with Crippen molar-refractivity contribution in [3.63, 3.8) is 0 Å². The lowest BCUT2D eigenvalue weighted by atomic mass is 10.3. The van der Waals surface area contributed by atoms with Crippen LogP contribution in [-0.4, -0.2) is 20.8 Å². The Labute approximate surface area is 130 Å². The standard InChI is InChI=1S/C14H13BrFNO3S/c15-10-1-4-12(5-2-10)20-7-8-21(18,19)14-9-11(16)3-6-13(14)17/h1-6,9H,7-8,17H2. The lowest BCUT2D eigenvalue weighted by Crippen LogP contribution is -2.16. The molecule has 0 heterocycles. The summed E-state index contributed by atoms with van der Waals surface area (Å²) in [5.41, 5.74) is 5.61. The highest BCUT2D eigenvalue weighted by molar-refractivity contribution is 9.10. The van der Waals surface area contributed by atoms with E-state index in [0.717, 1.165) is 16.6 Å². The van der Waals surface area contributed by atoms with E-state index in [4.69, 9.17) is 10.5 Å². The second-order valence-electron chi connectivity index (χ2n) is 4.30. The van der Waals surface area contributed by atoms with Crippen molar-refractivity contribution >= 4 is 31.5 Å². The minimum Gasteiger partial charge on any atom is -0.493 e. The summed E-state index contributed by atoms with van der Waals surface area (Å²) in [6, 6.07) is 10.3. The number of anilines is 1. The Balaban J connectivity index is 2.04. The highest BCUT2D eigenvalue weighted by Crippen LogP contribution is 2.21. The van der Waals surface area contributed by atoms with E-state index in [2.05, 4.69) is 15.9 Å². The monoisotopic (exact) mass is 373 g/mol. The van der Waals surface area contributed by atoms with Crippen LogP contribution in [0.2, 0.25) is 0 Å². The molecule has 2 aromatic rings. The van der Waals surface area contributed by atoms with E-state index in [0.29, 0.717) is 5.75 Å². The third-order valence-corrected chi connectivity index (χ3v) is 5.00. The molecule has 0 amide bonds. The number of ether oxygens (including phenoxy) is 1. The predicted molar refractivity (Wildman–Crippen MR) is 82.5 cm³/mol. The van der Waals surface area contributed by atoms with Gasteiger partial charge >= 0.3 is 0 Å². The van der Waals surface area contributed by atoms with Crippen LogP contribution in [0.15, 0.2) is 51.8 Å². The van der Waals surface area contributed by atoms with Gasteiger partial charge in [0.2, 0.25) is 0 Å². The van der Waals surface area contributed by atoms with E-state index in [1.807, 2.05) is 0 Å². The Morgan fingerprint density at radius 3 is 2.48 bits per heavy atom. The lowest BCUT2D eigenvalue weighted by Gasteiger charge is -2.09. The molecule has 0 aliphatic carbocycles. The zero-order valence-corrected chi connectivity index (χ0v) is 13.3. The Hall–Kier alpha value is -1.60. The van der Waals surface area contributed by atoms with Gasteiger partial charge in [0.15, 0.2) is 9.84 Å². The lowest BCUT2D eigenvalue weighted by molar-refractivity contribution is 0.341. The van der Waals surface area contributed by atoms with E-state index in [1.165, 1.54) is 6.07 Å². The van der Waals surface area contributed by atoms with Crippen LogP contribution < -0.4 is 10.5 Å². The minimum absolute atomic E-state index is 0.0278. The summed E-state index contributed by atoms with van der Waals surface area (Å²) in [6.07, 6.45) is 0. The first-order valence-corrected chi connectivity index (χ1v) is 8.49. The van der Waals surface area contributed by atoms with Gasteiger partial charge in [-0.3, -0.25) is 0 Å². The maximum absolute atomic E-state index is 13.1. The molecule has 0 bridgehead atoms. The summed E-state index contributed by atoms with van der Waals surface area (Å²) in [6.45, 7) is -0.0417. The molecule has 2 aromatic carbocycles. The van der Waals surface area contributed by atoms with Gasteiger partial charge in [-0.15, -0.1) is 0 Å². The molecule has 0 atom stereocenters. The SMILES string of the molecule is Nc1ccc(F)cc1S(=O)(=O)CCOc1ccc(Br)cc1. The summed E-state index contributed by atoms with van der Waals surface area (Å²) in [5.74, 6) is -0.367. The van der Waals surface area contributed by atoms with E-state index in [9.17, 15) is 12.8 Å². The molecule has 0 aliphatic rings. The number of hydrogen-bond donors (Lipinski definition) is 1. The highest BCUT2D eigenvalue weighted by Gasteiger charge is 2.18. The van der Waals surface area contributed by atoms with E-state index >= 15 is 0 Å². The molecule has 2 rings (SSSR count). The normalized spacial score (nSPS) is 11.3. The number of nitrogen functional groups attached to an aromatic ring is 1. The third-order valence-electron chi connectivity index (χ3n) is 2.75. The first-order chi connectivity index (χ1) is 9.88. The van der Waals surface area contributed by atoms with E-state index in [1.54, 1.807) is 24.3 Å². The molecule has 7 heteroatoms. The van der Waals surface area contributed by atoms with Crippen LogP contribution in [0, 0.1) is 5.82 Å². The van der Waals surface area contributed by atoms with Crippen molar-refractivity contribution in [2.24, 2.45) is 0 Å². The van der Waals surface area contributed by atoms with Crippen LogP contribution in [0.25, 0.3) is 0 Å². The van der Waals surface area contributed by atoms with Gasteiger partial charge < -0.3 is 10.5 Å². The second kappa shape index (κ2) is 6.44. The first-order valence-electron chi connectivity index (χ1n) is 6.04. The molecule has 0 radical (unpaired) electrons. The van der Waals surface area contributed by atoms with Crippen molar-refractivity contribution in [3.05, 3.63) is 52.8 Å². The van der Waals surface area contributed by atoms with Gasteiger partial charge in [-0.2, -0.15) is 0 Å². The third kappa shape index (κ3) is 4.18. The molecule has 112 valence electrons. The van der Waals surface area contributed by atoms with Crippen LogP contribution >= 0.6 is 15.9 Å². The Bertz CT molecular complexity index is 732. The first kappa shape index (κ1) is 15.8. The molecule has 4 nitrogen and oxygen atoms in total. The van der Waals surface area contributed by atoms with Crippen LogP contribution in [0.5, 0.6) is 5.75 Å². The van der Waals surface area contributed by atoms with Crippen LogP contribution in [0.1, 0.15) is 0 Å². The van der Waals surface area contributed by atoms with Crippen molar-refractivity contribution in [2.75, 3.05) is 18.1 Å². The molecular formula is C14H13BrFNO3S. The van der Waals surface area contributed by atoms with Crippen molar-refractivity contribution < 1.29 is 17.5 Å². The Morgan fingerprint density at radius 2 is 1.81 bits per heavy atom. The Kier molecular flexibility index (Phi) is 4.84. The number of halogens is 2. The topological polar surface area (TPSA) is 69.4 Å². The molecule has 0 spiro atoms. The molecule has 2 N–H and O–H groups in total. The van der Waals surface area contributed by atoms with Crippen molar-refractivity contribution in [3.8, 4) is 5.75 Å². The Morgan fingerprint density at radius 1 is 1.14 bits per heavy atom. The molecular weight excluding hydrogens is 361 g/mol. The predicted octanol–water partition coefficient (Wildman–Crippen LogP) is 3.02. The van der Waals surface area contributed by atoms with Gasteiger partial charge in [0.05, 0.1) is 16.3 Å². The number of rotatable bonds is 5. The van der Waals surface area contributed by atoms with E-state index < -0.39 is 15.7 Å². The average molecular weight is 374 g/mol. The van der Waals surface area contributed by atoms with Crippen molar-refractivity contribution in [2.45, 2.75) is 4.90 Å². The zero-order chi connectivity index (χ0) is 15.5. The van der Waals surface area contributed by atoms with Gasteiger partial charge in [-0.1, -0.05) is 15.9 Å². The smallest absolute Gasteiger partial charge is 0.183 e. The van der Waals surface area contributed by atoms with Crippen LogP contribution in [-0.2, 0) is 9.84 Å². The number of nitrogens with two attached hydrogens (primary N) is 1. The number of hydrogen-bond acceptors (Lipinski definition) is 4. The van der Waals surface area contributed by atoms with Crippen molar-refractivity contribution in [1.29, 1.82) is 0 Å².